The van der Waals surface area contributed by atoms with Crippen LogP contribution in [-0.2, 0) is 4.74 Å². The molecule has 4 heteroatoms. The highest BCUT2D eigenvalue weighted by Gasteiger charge is 2.22. The number of aliphatic hydroxyl groups excluding tert-OH is 1. The Morgan fingerprint density at radius 1 is 1.00 bits per heavy atom. The van der Waals surface area contributed by atoms with Crippen molar-refractivity contribution in [1.82, 2.24) is 0 Å². The first kappa shape index (κ1) is 28.0. The average Bonchev–Trinajstić information content (AvgIpc) is 2.89. The first-order valence-electron chi connectivity index (χ1n) is 13.4. The molecule has 1 fully saturated rings. The second-order valence-electron chi connectivity index (χ2n) is 9.98. The highest BCUT2D eigenvalue weighted by Crippen LogP contribution is 2.39. The molecule has 0 spiro atoms. The van der Waals surface area contributed by atoms with Gasteiger partial charge in [0.2, 0.25) is 0 Å². The second-order valence-corrected chi connectivity index (χ2v) is 9.98. The molecule has 1 N–H and O–H groups in total. The third kappa shape index (κ3) is 8.53. The predicted octanol–water partition coefficient (Wildman–Crippen LogP) is 7.63. The first-order chi connectivity index (χ1) is 17.5. The molecule has 2 aromatic rings. The molecule has 0 heterocycles. The minimum atomic E-state index is -0.0157. The summed E-state index contributed by atoms with van der Waals surface area (Å²) in [5.74, 6) is 3.07. The molecule has 0 aliphatic heterocycles. The molecule has 0 unspecified atom stereocenters. The van der Waals surface area contributed by atoms with Gasteiger partial charge in [-0.1, -0.05) is 36.9 Å². The van der Waals surface area contributed by atoms with Gasteiger partial charge in [-0.05, 0) is 104 Å². The van der Waals surface area contributed by atoms with Crippen molar-refractivity contribution in [1.29, 1.82) is 0 Å². The normalized spacial score (nSPS) is 17.9. The zero-order valence-corrected chi connectivity index (χ0v) is 22.4. The van der Waals surface area contributed by atoms with Gasteiger partial charge in [0, 0.05) is 19.6 Å². The molecule has 0 aromatic heterocycles. The Labute approximate surface area is 218 Å². The van der Waals surface area contributed by atoms with Gasteiger partial charge in [0.05, 0.1) is 19.8 Å². The van der Waals surface area contributed by atoms with Crippen LogP contribution < -0.4 is 9.47 Å². The first-order valence-corrected chi connectivity index (χ1v) is 13.4. The lowest BCUT2D eigenvalue weighted by Gasteiger charge is -2.29. The largest absolute Gasteiger partial charge is 0.493 e. The Morgan fingerprint density at radius 3 is 2.36 bits per heavy atom. The molecular weight excluding hydrogens is 448 g/mol. The fourth-order valence-electron chi connectivity index (χ4n) is 5.08. The van der Waals surface area contributed by atoms with E-state index in [9.17, 15) is 5.11 Å². The van der Waals surface area contributed by atoms with E-state index in [2.05, 4.69) is 62.9 Å². The van der Waals surface area contributed by atoms with Crippen LogP contribution in [0.5, 0.6) is 11.5 Å². The lowest BCUT2D eigenvalue weighted by Crippen LogP contribution is -2.13. The molecule has 0 atom stereocenters. The van der Waals surface area contributed by atoms with Crippen LogP contribution in [0.25, 0.3) is 11.1 Å². The van der Waals surface area contributed by atoms with E-state index >= 15 is 0 Å². The summed E-state index contributed by atoms with van der Waals surface area (Å²) in [6.45, 7) is 9.62. The third-order valence-electron chi connectivity index (χ3n) is 7.24. The van der Waals surface area contributed by atoms with E-state index in [0.717, 1.165) is 28.6 Å². The average molecular weight is 493 g/mol. The monoisotopic (exact) mass is 492 g/mol. The van der Waals surface area contributed by atoms with Gasteiger partial charge in [-0.15, -0.1) is 0 Å². The van der Waals surface area contributed by atoms with Crippen molar-refractivity contribution in [3.8, 4) is 22.6 Å². The highest BCUT2D eigenvalue weighted by atomic mass is 16.5. The summed E-state index contributed by atoms with van der Waals surface area (Å²) in [4.78, 5) is 0. The maximum atomic E-state index is 9.20. The Kier molecular flexibility index (Phi) is 11.6. The Morgan fingerprint density at radius 2 is 1.72 bits per heavy atom. The maximum absolute atomic E-state index is 9.20. The van der Waals surface area contributed by atoms with Crippen molar-refractivity contribution in [2.45, 2.75) is 64.7 Å². The molecule has 196 valence electrons. The van der Waals surface area contributed by atoms with Gasteiger partial charge in [0.25, 0.3) is 0 Å². The van der Waals surface area contributed by atoms with Crippen molar-refractivity contribution in [3.63, 3.8) is 0 Å². The Bertz CT molecular complexity index is 986. The zero-order valence-electron chi connectivity index (χ0n) is 22.4. The molecule has 2 aromatic carbocycles. The fourth-order valence-corrected chi connectivity index (χ4v) is 5.08. The summed E-state index contributed by atoms with van der Waals surface area (Å²) in [5, 5.41) is 9.20. The van der Waals surface area contributed by atoms with Gasteiger partial charge < -0.3 is 19.3 Å². The summed E-state index contributed by atoms with van der Waals surface area (Å²) in [6, 6.07) is 13.0. The number of aliphatic hydroxyl groups is 1. The maximum Gasteiger partial charge on any atom is 0.123 e. The minimum absolute atomic E-state index is 0.0157. The summed E-state index contributed by atoms with van der Waals surface area (Å²) in [5.41, 5.74) is 5.78. The van der Waals surface area contributed by atoms with E-state index in [1.54, 1.807) is 7.11 Å². The van der Waals surface area contributed by atoms with E-state index < -0.39 is 0 Å². The van der Waals surface area contributed by atoms with Crippen molar-refractivity contribution in [2.75, 3.05) is 33.5 Å². The molecule has 3 rings (SSSR count). The Balaban J connectivity index is 1.72. The lowest BCUT2D eigenvalue weighted by molar-refractivity contribution is 0.146. The quantitative estimate of drug-likeness (QED) is 0.217. The lowest BCUT2D eigenvalue weighted by atomic mass is 9.76. The molecular formula is C32H44O4. The molecule has 1 aliphatic carbocycles. The highest BCUT2D eigenvalue weighted by molar-refractivity contribution is 5.71. The summed E-state index contributed by atoms with van der Waals surface area (Å²) in [7, 11) is 1.67. The number of aryl methyl sites for hydroxylation is 1. The summed E-state index contributed by atoms with van der Waals surface area (Å²) < 4.78 is 17.1. The smallest absolute Gasteiger partial charge is 0.123 e. The molecule has 0 radical (unpaired) electrons. The minimum Gasteiger partial charge on any atom is -0.493 e. The van der Waals surface area contributed by atoms with E-state index in [-0.39, 0.29) is 6.61 Å². The second kappa shape index (κ2) is 14.9. The SMILES string of the molecule is C=C(CO)CCOc1cc(OCCOC)cc(-c2ccc(C3CCC(CC/C=C/C)CC3)cc2C)c1. The van der Waals surface area contributed by atoms with Crippen LogP contribution in [-0.4, -0.2) is 38.6 Å². The molecule has 1 aliphatic rings. The summed E-state index contributed by atoms with van der Waals surface area (Å²) in [6.07, 6.45) is 12.9. The predicted molar refractivity (Wildman–Crippen MR) is 149 cm³/mol. The number of benzene rings is 2. The molecule has 36 heavy (non-hydrogen) atoms. The fraction of sp³-hybridized carbons (Fsp3) is 0.500. The number of allylic oxidation sites excluding steroid dienone is 2. The van der Waals surface area contributed by atoms with Gasteiger partial charge in [-0.2, -0.15) is 0 Å². The van der Waals surface area contributed by atoms with E-state index in [1.807, 2.05) is 6.07 Å². The molecule has 1 saturated carbocycles. The van der Waals surface area contributed by atoms with Crippen LogP contribution >= 0.6 is 0 Å². The van der Waals surface area contributed by atoms with Crippen molar-refractivity contribution < 1.29 is 19.3 Å². The van der Waals surface area contributed by atoms with Crippen molar-refractivity contribution in [2.24, 2.45) is 5.92 Å². The topological polar surface area (TPSA) is 47.9 Å². The van der Waals surface area contributed by atoms with E-state index in [0.29, 0.717) is 32.2 Å². The van der Waals surface area contributed by atoms with Gasteiger partial charge in [-0.3, -0.25) is 0 Å². The van der Waals surface area contributed by atoms with E-state index in [1.165, 1.54) is 55.2 Å². The Hall–Kier alpha value is -2.56. The molecule has 0 bridgehead atoms. The molecule has 0 amide bonds. The van der Waals surface area contributed by atoms with Crippen LogP contribution in [0.1, 0.15) is 68.9 Å². The third-order valence-corrected chi connectivity index (χ3v) is 7.24. The van der Waals surface area contributed by atoms with Gasteiger partial charge in [-0.25, -0.2) is 0 Å². The molecule has 4 nitrogen and oxygen atoms in total. The number of methoxy groups -OCH3 is 1. The van der Waals surface area contributed by atoms with Crippen LogP contribution in [0.2, 0.25) is 0 Å². The van der Waals surface area contributed by atoms with Gasteiger partial charge in [0.15, 0.2) is 0 Å². The zero-order chi connectivity index (χ0) is 25.8. The number of hydrogen-bond acceptors (Lipinski definition) is 4. The summed E-state index contributed by atoms with van der Waals surface area (Å²) >= 11 is 0. The van der Waals surface area contributed by atoms with Crippen LogP contribution in [0.3, 0.4) is 0 Å². The number of ether oxygens (including phenoxy) is 3. The standard InChI is InChI=1S/C32H44O4/c1-5-6-7-8-26-9-11-27(12-10-26)28-13-14-32(25(3)19-28)29-20-30(35-16-15-24(2)23-33)22-31(21-29)36-18-17-34-4/h5-6,13-14,19-22,26-27,33H,2,7-12,15-18,23H2,1,3-4H3/b6-5+. The van der Waals surface area contributed by atoms with Crippen molar-refractivity contribution in [3.05, 3.63) is 71.8 Å². The number of hydrogen-bond donors (Lipinski definition) is 1. The van der Waals surface area contributed by atoms with Crippen LogP contribution in [0.4, 0.5) is 0 Å². The van der Waals surface area contributed by atoms with Crippen LogP contribution in [0.15, 0.2) is 60.7 Å². The van der Waals surface area contributed by atoms with Gasteiger partial charge in [0.1, 0.15) is 18.1 Å². The van der Waals surface area contributed by atoms with Crippen molar-refractivity contribution >= 4 is 0 Å². The van der Waals surface area contributed by atoms with Gasteiger partial charge >= 0.3 is 0 Å². The number of rotatable bonds is 14. The van der Waals surface area contributed by atoms with Crippen LogP contribution in [0, 0.1) is 12.8 Å². The van der Waals surface area contributed by atoms with E-state index in [4.69, 9.17) is 14.2 Å². The molecule has 0 saturated heterocycles.